The second kappa shape index (κ2) is 9.56. The lowest BCUT2D eigenvalue weighted by Crippen LogP contribution is -2.26. The Hall–Kier alpha value is -3.16. The van der Waals surface area contributed by atoms with Crippen molar-refractivity contribution in [1.82, 2.24) is 4.31 Å². The summed E-state index contributed by atoms with van der Waals surface area (Å²) in [5.41, 5.74) is 1.87. The highest BCUT2D eigenvalue weighted by Crippen LogP contribution is 2.20. The normalized spacial score (nSPS) is 11.3. The Bertz CT molecular complexity index is 1100. The third kappa shape index (κ3) is 5.25. The highest BCUT2D eigenvalue weighted by molar-refractivity contribution is 7.89. The van der Waals surface area contributed by atoms with Crippen LogP contribution in [0, 0.1) is 0 Å². The van der Waals surface area contributed by atoms with Gasteiger partial charge in [-0.3, -0.25) is 4.79 Å². The maximum atomic E-state index is 12.8. The molecule has 0 saturated heterocycles. The molecule has 30 heavy (non-hydrogen) atoms. The number of carbonyl (C=O) groups is 1. The Balaban J connectivity index is 1.69. The lowest BCUT2D eigenvalue weighted by molar-refractivity contribution is 0.102. The number of nitrogens with one attached hydrogen (secondary N) is 1. The van der Waals surface area contributed by atoms with E-state index < -0.39 is 10.0 Å². The molecular weight excluding hydrogens is 400 g/mol. The van der Waals surface area contributed by atoms with Crippen LogP contribution in [0.5, 0.6) is 5.75 Å². The number of sulfonamides is 1. The standard InChI is InChI=1S/C23H24N2O4S/c1-3-29-21-11-7-10-19(16-21)23(26)24-20-12-14-22(15-13-20)30(27,28)25(2)17-18-8-5-4-6-9-18/h4-16H,3,17H2,1-2H3,(H,24,26). The monoisotopic (exact) mass is 424 g/mol. The smallest absolute Gasteiger partial charge is 0.255 e. The minimum Gasteiger partial charge on any atom is -0.494 e. The first-order valence-electron chi connectivity index (χ1n) is 9.54. The van der Waals surface area contributed by atoms with Crippen molar-refractivity contribution in [2.24, 2.45) is 0 Å². The van der Waals surface area contributed by atoms with Crippen molar-refractivity contribution in [3.8, 4) is 5.75 Å². The van der Waals surface area contributed by atoms with Crippen LogP contribution in [0.3, 0.4) is 0 Å². The Morgan fingerprint density at radius 2 is 1.67 bits per heavy atom. The predicted octanol–water partition coefficient (Wildman–Crippen LogP) is 4.16. The zero-order valence-electron chi connectivity index (χ0n) is 16.9. The minimum atomic E-state index is -3.64. The maximum absolute atomic E-state index is 12.8. The molecule has 0 fully saturated rings. The molecule has 3 aromatic carbocycles. The molecule has 0 atom stereocenters. The van der Waals surface area contributed by atoms with Crippen molar-refractivity contribution >= 4 is 21.6 Å². The van der Waals surface area contributed by atoms with Crippen LogP contribution in [0.2, 0.25) is 0 Å². The van der Waals surface area contributed by atoms with Gasteiger partial charge >= 0.3 is 0 Å². The molecule has 156 valence electrons. The van der Waals surface area contributed by atoms with Gasteiger partial charge in [0.15, 0.2) is 0 Å². The molecule has 0 aromatic heterocycles. The van der Waals surface area contributed by atoms with Crippen LogP contribution < -0.4 is 10.1 Å². The number of amides is 1. The van der Waals surface area contributed by atoms with E-state index in [1.807, 2.05) is 37.3 Å². The fraction of sp³-hybridized carbons (Fsp3) is 0.174. The van der Waals surface area contributed by atoms with Crippen molar-refractivity contribution < 1.29 is 17.9 Å². The number of hydrogen-bond acceptors (Lipinski definition) is 4. The molecule has 0 saturated carbocycles. The number of nitrogens with zero attached hydrogens (tertiary/aromatic N) is 1. The van der Waals surface area contributed by atoms with Gasteiger partial charge in [-0.25, -0.2) is 8.42 Å². The molecular formula is C23H24N2O4S. The van der Waals surface area contributed by atoms with E-state index in [0.717, 1.165) is 5.56 Å². The van der Waals surface area contributed by atoms with Gasteiger partial charge in [0.1, 0.15) is 5.75 Å². The molecule has 0 spiro atoms. The molecule has 0 aliphatic rings. The van der Waals surface area contributed by atoms with Crippen LogP contribution in [0.1, 0.15) is 22.8 Å². The second-order valence-electron chi connectivity index (χ2n) is 6.69. The average molecular weight is 425 g/mol. The Kier molecular flexibility index (Phi) is 6.87. The first-order chi connectivity index (χ1) is 14.4. The number of carbonyl (C=O) groups excluding carboxylic acids is 1. The van der Waals surface area contributed by atoms with Crippen LogP contribution in [0.4, 0.5) is 5.69 Å². The number of hydrogen-bond donors (Lipinski definition) is 1. The molecule has 6 nitrogen and oxygen atoms in total. The van der Waals surface area contributed by atoms with Crippen molar-refractivity contribution in [2.45, 2.75) is 18.4 Å². The lowest BCUT2D eigenvalue weighted by Gasteiger charge is -2.17. The maximum Gasteiger partial charge on any atom is 0.255 e. The van der Waals surface area contributed by atoms with E-state index in [9.17, 15) is 13.2 Å². The zero-order valence-corrected chi connectivity index (χ0v) is 17.7. The third-order valence-electron chi connectivity index (χ3n) is 4.48. The topological polar surface area (TPSA) is 75.7 Å². The Labute approximate surface area is 177 Å². The summed E-state index contributed by atoms with van der Waals surface area (Å²) in [7, 11) is -2.10. The summed E-state index contributed by atoms with van der Waals surface area (Å²) in [4.78, 5) is 12.6. The largest absolute Gasteiger partial charge is 0.494 e. The quantitative estimate of drug-likeness (QED) is 0.589. The van der Waals surface area contributed by atoms with Crippen LogP contribution in [0.15, 0.2) is 83.8 Å². The van der Waals surface area contributed by atoms with E-state index in [2.05, 4.69) is 5.32 Å². The van der Waals surface area contributed by atoms with Gasteiger partial charge in [0, 0.05) is 24.8 Å². The first-order valence-corrected chi connectivity index (χ1v) is 11.0. The average Bonchev–Trinajstić information content (AvgIpc) is 2.75. The van der Waals surface area contributed by atoms with Gasteiger partial charge in [0.2, 0.25) is 10.0 Å². The fourth-order valence-electron chi connectivity index (χ4n) is 2.91. The summed E-state index contributed by atoms with van der Waals surface area (Å²) >= 11 is 0. The molecule has 0 heterocycles. The molecule has 3 rings (SSSR count). The van der Waals surface area contributed by atoms with Gasteiger partial charge in [0.25, 0.3) is 5.91 Å². The summed E-state index contributed by atoms with van der Waals surface area (Å²) in [6.45, 7) is 2.66. The number of anilines is 1. The first kappa shape index (κ1) is 21.5. The fourth-order valence-corrected chi connectivity index (χ4v) is 4.07. The highest BCUT2D eigenvalue weighted by Gasteiger charge is 2.21. The number of rotatable bonds is 8. The van der Waals surface area contributed by atoms with Crippen LogP contribution >= 0.6 is 0 Å². The summed E-state index contributed by atoms with van der Waals surface area (Å²) in [5.74, 6) is 0.321. The zero-order chi connectivity index (χ0) is 21.6. The molecule has 7 heteroatoms. The molecule has 3 aromatic rings. The van der Waals surface area contributed by atoms with Gasteiger partial charge in [0.05, 0.1) is 11.5 Å². The van der Waals surface area contributed by atoms with E-state index in [0.29, 0.717) is 23.6 Å². The Morgan fingerprint density at radius 1 is 0.967 bits per heavy atom. The second-order valence-corrected chi connectivity index (χ2v) is 8.73. The summed E-state index contributed by atoms with van der Waals surface area (Å²) in [6, 6.07) is 22.4. The molecule has 0 unspecified atom stereocenters. The number of ether oxygens (including phenoxy) is 1. The van der Waals surface area contributed by atoms with Gasteiger partial charge in [-0.2, -0.15) is 4.31 Å². The van der Waals surface area contributed by atoms with Gasteiger partial charge in [-0.1, -0.05) is 36.4 Å². The van der Waals surface area contributed by atoms with E-state index >= 15 is 0 Å². The van der Waals surface area contributed by atoms with E-state index in [4.69, 9.17) is 4.74 Å². The lowest BCUT2D eigenvalue weighted by atomic mass is 10.2. The Morgan fingerprint density at radius 3 is 2.33 bits per heavy atom. The van der Waals surface area contributed by atoms with Crippen molar-refractivity contribution in [3.05, 3.63) is 90.0 Å². The van der Waals surface area contributed by atoms with Crippen molar-refractivity contribution in [3.63, 3.8) is 0 Å². The van der Waals surface area contributed by atoms with Crippen LogP contribution in [-0.2, 0) is 16.6 Å². The number of benzene rings is 3. The molecule has 0 aliphatic heterocycles. The van der Waals surface area contributed by atoms with Crippen molar-refractivity contribution in [2.75, 3.05) is 19.0 Å². The van der Waals surface area contributed by atoms with Gasteiger partial charge in [-0.15, -0.1) is 0 Å². The van der Waals surface area contributed by atoms with Gasteiger partial charge < -0.3 is 10.1 Å². The van der Waals surface area contributed by atoms with Crippen LogP contribution in [0.25, 0.3) is 0 Å². The van der Waals surface area contributed by atoms with Crippen LogP contribution in [-0.4, -0.2) is 32.3 Å². The van der Waals surface area contributed by atoms with Crippen molar-refractivity contribution in [1.29, 1.82) is 0 Å². The van der Waals surface area contributed by atoms with Gasteiger partial charge in [-0.05, 0) is 55.0 Å². The molecule has 1 amide bonds. The molecule has 0 aliphatic carbocycles. The summed E-state index contributed by atoms with van der Waals surface area (Å²) < 4.78 is 32.3. The minimum absolute atomic E-state index is 0.164. The SMILES string of the molecule is CCOc1cccc(C(=O)Nc2ccc(S(=O)(=O)N(C)Cc3ccccc3)cc2)c1. The molecule has 0 bridgehead atoms. The summed E-state index contributed by atoms with van der Waals surface area (Å²) in [5, 5.41) is 2.77. The van der Waals surface area contributed by atoms with E-state index in [-0.39, 0.29) is 17.3 Å². The molecule has 0 radical (unpaired) electrons. The van der Waals surface area contributed by atoms with E-state index in [1.165, 1.54) is 16.4 Å². The molecule has 1 N–H and O–H groups in total. The summed E-state index contributed by atoms with van der Waals surface area (Å²) in [6.07, 6.45) is 0. The highest BCUT2D eigenvalue weighted by atomic mass is 32.2. The predicted molar refractivity (Wildman–Crippen MR) is 117 cm³/mol. The van der Waals surface area contributed by atoms with E-state index in [1.54, 1.807) is 43.4 Å². The third-order valence-corrected chi connectivity index (χ3v) is 6.29.